The Morgan fingerprint density at radius 1 is 1.00 bits per heavy atom. The molecular weight excluding hydrogens is 232 g/mol. The van der Waals surface area contributed by atoms with E-state index < -0.39 is 0 Å². The summed E-state index contributed by atoms with van der Waals surface area (Å²) >= 11 is 0. The molecule has 0 spiro atoms. The molecule has 0 saturated carbocycles. The summed E-state index contributed by atoms with van der Waals surface area (Å²) in [6, 6.07) is 16.8. The van der Waals surface area contributed by atoms with Gasteiger partial charge in [0, 0.05) is 25.1 Å². The Morgan fingerprint density at radius 3 is 2.53 bits per heavy atom. The van der Waals surface area contributed by atoms with Gasteiger partial charge in [0.15, 0.2) is 0 Å². The van der Waals surface area contributed by atoms with Crippen LogP contribution in [0.5, 0.6) is 0 Å². The van der Waals surface area contributed by atoms with Crippen LogP contribution in [0.25, 0.3) is 11.1 Å². The number of anilines is 1. The molecule has 0 bridgehead atoms. The lowest BCUT2D eigenvalue weighted by Gasteiger charge is -2.09. The Hall–Kier alpha value is -2.35. The van der Waals surface area contributed by atoms with Crippen molar-refractivity contribution < 1.29 is 0 Å². The second kappa shape index (κ2) is 6.55. The lowest BCUT2D eigenvalue weighted by Crippen LogP contribution is -1.92. The van der Waals surface area contributed by atoms with Crippen LogP contribution in [0, 0.1) is 6.92 Å². The Bertz CT molecular complexity index is 583. The molecule has 0 saturated heterocycles. The smallest absolute Gasteiger partial charge is 0.0415 e. The number of aryl methyl sites for hydroxylation is 1. The van der Waals surface area contributed by atoms with Crippen molar-refractivity contribution in [2.75, 3.05) is 12.4 Å². The van der Waals surface area contributed by atoms with E-state index in [1.807, 2.05) is 18.3 Å². The minimum atomic E-state index is 1.11. The first-order valence-electron chi connectivity index (χ1n) is 6.31. The van der Waals surface area contributed by atoms with Crippen LogP contribution in [-0.2, 0) is 0 Å². The summed E-state index contributed by atoms with van der Waals surface area (Å²) in [5, 5.41) is 3.29. The molecule has 0 aliphatic carbocycles. The normalized spacial score (nSPS) is 11.3. The minimum absolute atomic E-state index is 1.11. The van der Waals surface area contributed by atoms with Crippen molar-refractivity contribution in [3.05, 3.63) is 66.4 Å². The van der Waals surface area contributed by atoms with Crippen LogP contribution in [0.2, 0.25) is 0 Å². The fraction of sp³-hybridized carbons (Fsp3) is 0.118. The predicted octanol–water partition coefficient (Wildman–Crippen LogP) is 4.29. The summed E-state index contributed by atoms with van der Waals surface area (Å²) in [6.07, 6.45) is 5.53. The number of allylic oxidation sites excluding steroid dienone is 1. The number of rotatable bonds is 4. The van der Waals surface area contributed by atoms with E-state index >= 15 is 0 Å². The summed E-state index contributed by atoms with van der Waals surface area (Å²) < 4.78 is 0. The van der Waals surface area contributed by atoms with E-state index in [0.717, 1.165) is 5.69 Å². The molecule has 0 aliphatic rings. The van der Waals surface area contributed by atoms with E-state index in [2.05, 4.69) is 59.7 Å². The highest BCUT2D eigenvalue weighted by Crippen LogP contribution is 2.25. The van der Waals surface area contributed by atoms with Gasteiger partial charge in [-0.3, -0.25) is 4.99 Å². The number of nitrogens with one attached hydrogen (secondary N) is 1. The molecule has 19 heavy (non-hydrogen) atoms. The van der Waals surface area contributed by atoms with E-state index in [1.54, 1.807) is 13.3 Å². The third-order valence-electron chi connectivity index (χ3n) is 2.91. The number of hydrogen-bond donors (Lipinski definition) is 1. The molecule has 2 nitrogen and oxygen atoms in total. The molecule has 0 radical (unpaired) electrons. The fourth-order valence-corrected chi connectivity index (χ4v) is 1.85. The molecule has 1 N–H and O–H groups in total. The monoisotopic (exact) mass is 250 g/mol. The SMILES string of the molecule is CN=C/C=C\Nc1cc(-c2ccccc2)ccc1C. The van der Waals surface area contributed by atoms with Gasteiger partial charge in [0.25, 0.3) is 0 Å². The second-order valence-electron chi connectivity index (χ2n) is 4.31. The van der Waals surface area contributed by atoms with Gasteiger partial charge in [0.2, 0.25) is 0 Å². The van der Waals surface area contributed by atoms with Crippen LogP contribution in [0.4, 0.5) is 5.69 Å². The predicted molar refractivity (Wildman–Crippen MR) is 83.8 cm³/mol. The summed E-state index contributed by atoms with van der Waals surface area (Å²) in [5.41, 5.74) is 4.77. The van der Waals surface area contributed by atoms with Gasteiger partial charge in [0.05, 0.1) is 0 Å². The Balaban J connectivity index is 2.25. The van der Waals surface area contributed by atoms with Gasteiger partial charge in [-0.05, 0) is 35.8 Å². The quantitative estimate of drug-likeness (QED) is 0.804. The van der Waals surface area contributed by atoms with Crippen molar-refractivity contribution in [3.8, 4) is 11.1 Å². The molecule has 0 heterocycles. The van der Waals surface area contributed by atoms with Crippen molar-refractivity contribution in [3.63, 3.8) is 0 Å². The zero-order valence-corrected chi connectivity index (χ0v) is 11.3. The van der Waals surface area contributed by atoms with Gasteiger partial charge in [-0.25, -0.2) is 0 Å². The van der Waals surface area contributed by atoms with Crippen molar-refractivity contribution in [2.24, 2.45) is 4.99 Å². The van der Waals surface area contributed by atoms with Crippen molar-refractivity contribution in [1.29, 1.82) is 0 Å². The van der Waals surface area contributed by atoms with Gasteiger partial charge in [-0.1, -0.05) is 42.5 Å². The number of benzene rings is 2. The summed E-state index contributed by atoms with van der Waals surface area (Å²) in [5.74, 6) is 0. The molecule has 0 unspecified atom stereocenters. The van der Waals surface area contributed by atoms with Crippen LogP contribution in [0.3, 0.4) is 0 Å². The minimum Gasteiger partial charge on any atom is -0.361 e. The first-order valence-corrected chi connectivity index (χ1v) is 6.31. The molecule has 0 atom stereocenters. The molecule has 2 aromatic carbocycles. The summed E-state index contributed by atoms with van der Waals surface area (Å²) in [6.45, 7) is 2.10. The van der Waals surface area contributed by atoms with Gasteiger partial charge in [-0.15, -0.1) is 0 Å². The third kappa shape index (κ3) is 3.55. The number of aliphatic imine (C=N–C) groups is 1. The Labute approximate surface area is 114 Å². The molecule has 0 fully saturated rings. The highest BCUT2D eigenvalue weighted by atomic mass is 14.8. The molecule has 2 aromatic rings. The van der Waals surface area contributed by atoms with Crippen LogP contribution >= 0.6 is 0 Å². The van der Waals surface area contributed by atoms with E-state index in [-0.39, 0.29) is 0 Å². The largest absolute Gasteiger partial charge is 0.361 e. The van der Waals surface area contributed by atoms with Crippen molar-refractivity contribution in [1.82, 2.24) is 0 Å². The highest BCUT2D eigenvalue weighted by Gasteiger charge is 2.00. The summed E-state index contributed by atoms with van der Waals surface area (Å²) in [7, 11) is 1.76. The first-order chi connectivity index (χ1) is 9.31. The molecular formula is C17H18N2. The molecule has 0 amide bonds. The average Bonchev–Trinajstić information content (AvgIpc) is 2.46. The van der Waals surface area contributed by atoms with Crippen molar-refractivity contribution in [2.45, 2.75) is 6.92 Å². The van der Waals surface area contributed by atoms with E-state index in [4.69, 9.17) is 0 Å². The van der Waals surface area contributed by atoms with E-state index in [0.29, 0.717) is 0 Å². The van der Waals surface area contributed by atoms with Crippen LogP contribution in [0.15, 0.2) is 65.8 Å². The summed E-state index contributed by atoms with van der Waals surface area (Å²) in [4.78, 5) is 3.90. The van der Waals surface area contributed by atoms with Gasteiger partial charge in [-0.2, -0.15) is 0 Å². The lowest BCUT2D eigenvalue weighted by molar-refractivity contribution is 1.43. The van der Waals surface area contributed by atoms with Crippen molar-refractivity contribution >= 4 is 11.9 Å². The number of hydrogen-bond acceptors (Lipinski definition) is 2. The zero-order valence-electron chi connectivity index (χ0n) is 11.3. The Kier molecular flexibility index (Phi) is 4.51. The van der Waals surface area contributed by atoms with Gasteiger partial charge in [0.1, 0.15) is 0 Å². The molecule has 2 rings (SSSR count). The second-order valence-corrected chi connectivity index (χ2v) is 4.31. The topological polar surface area (TPSA) is 24.4 Å². The van der Waals surface area contributed by atoms with E-state index in [9.17, 15) is 0 Å². The fourth-order valence-electron chi connectivity index (χ4n) is 1.85. The lowest BCUT2D eigenvalue weighted by atomic mass is 10.0. The van der Waals surface area contributed by atoms with Crippen LogP contribution in [-0.4, -0.2) is 13.3 Å². The standard InChI is InChI=1S/C17H18N2/c1-14-9-10-16(15-7-4-3-5-8-15)13-17(14)19-12-6-11-18-2/h3-13,19H,1-2H3/b12-6-,18-11?. The van der Waals surface area contributed by atoms with Crippen LogP contribution in [0.1, 0.15) is 5.56 Å². The van der Waals surface area contributed by atoms with Crippen LogP contribution < -0.4 is 5.32 Å². The zero-order chi connectivity index (χ0) is 13.5. The first kappa shape index (κ1) is 13.1. The molecule has 0 aliphatic heterocycles. The molecule has 96 valence electrons. The highest BCUT2D eigenvalue weighted by molar-refractivity contribution is 5.73. The Morgan fingerprint density at radius 2 is 1.79 bits per heavy atom. The van der Waals surface area contributed by atoms with E-state index in [1.165, 1.54) is 16.7 Å². The number of nitrogens with zero attached hydrogens (tertiary/aromatic N) is 1. The third-order valence-corrected chi connectivity index (χ3v) is 2.91. The molecule has 0 aromatic heterocycles. The maximum Gasteiger partial charge on any atom is 0.0415 e. The maximum atomic E-state index is 3.90. The maximum absolute atomic E-state index is 3.90. The van der Waals surface area contributed by atoms with Gasteiger partial charge < -0.3 is 5.32 Å². The molecule has 2 heteroatoms. The van der Waals surface area contributed by atoms with Gasteiger partial charge >= 0.3 is 0 Å². The average molecular weight is 250 g/mol.